The molecule has 0 radical (unpaired) electrons. The summed E-state index contributed by atoms with van der Waals surface area (Å²) in [6.45, 7) is 1.64. The van der Waals surface area contributed by atoms with Crippen molar-refractivity contribution in [2.24, 2.45) is 0 Å². The minimum Gasteiger partial charge on any atom is -0.370 e. The van der Waals surface area contributed by atoms with Crippen LogP contribution in [0.4, 0.5) is 0 Å². The summed E-state index contributed by atoms with van der Waals surface area (Å²) in [5, 5.41) is 7.17. The number of morpholine rings is 1. The maximum absolute atomic E-state index is 12.8. The minimum absolute atomic E-state index is 0.0673. The number of H-pyrrole nitrogens is 1. The Kier molecular flexibility index (Phi) is 4.70. The van der Waals surface area contributed by atoms with E-state index in [1.807, 2.05) is 53.4 Å². The average Bonchev–Trinajstić information content (AvgIpc) is 3.31. The molecule has 3 heterocycles. The molecule has 1 aromatic carbocycles. The predicted molar refractivity (Wildman–Crippen MR) is 101 cm³/mol. The van der Waals surface area contributed by atoms with E-state index < -0.39 is 0 Å². The van der Waals surface area contributed by atoms with Crippen LogP contribution in [0.3, 0.4) is 0 Å². The smallest absolute Gasteiger partial charge is 0.274 e. The van der Waals surface area contributed by atoms with Gasteiger partial charge in [-0.05, 0) is 39.7 Å². The maximum Gasteiger partial charge on any atom is 0.274 e. The Bertz CT molecular complexity index is 877. The third kappa shape index (κ3) is 3.53. The van der Waals surface area contributed by atoms with Gasteiger partial charge in [-0.15, -0.1) is 11.3 Å². The van der Waals surface area contributed by atoms with Crippen molar-refractivity contribution in [3.8, 4) is 10.6 Å². The van der Waals surface area contributed by atoms with Gasteiger partial charge in [0.25, 0.3) is 5.91 Å². The number of aromatic nitrogens is 2. The van der Waals surface area contributed by atoms with Crippen LogP contribution in [0.25, 0.3) is 10.6 Å². The van der Waals surface area contributed by atoms with E-state index in [0.717, 1.165) is 19.9 Å². The number of carbonyl (C=O) groups is 1. The highest BCUT2D eigenvalue weighted by atomic mass is 79.9. The van der Waals surface area contributed by atoms with E-state index >= 15 is 0 Å². The molecule has 25 heavy (non-hydrogen) atoms. The van der Waals surface area contributed by atoms with Crippen LogP contribution in [0, 0.1) is 0 Å². The number of halogens is 1. The second-order valence-electron chi connectivity index (χ2n) is 5.79. The Labute approximate surface area is 157 Å². The monoisotopic (exact) mass is 417 g/mol. The Morgan fingerprint density at radius 1 is 1.28 bits per heavy atom. The molecule has 7 heteroatoms. The molecular weight excluding hydrogens is 402 g/mol. The first-order valence-electron chi connectivity index (χ1n) is 7.97. The zero-order valence-corrected chi connectivity index (χ0v) is 15.7. The quantitative estimate of drug-likeness (QED) is 0.697. The molecule has 0 unspecified atom stereocenters. The van der Waals surface area contributed by atoms with Crippen LogP contribution in [0.2, 0.25) is 0 Å². The number of aromatic amines is 1. The summed E-state index contributed by atoms with van der Waals surface area (Å²) < 4.78 is 6.88. The highest BCUT2D eigenvalue weighted by molar-refractivity contribution is 9.11. The molecule has 0 aliphatic carbocycles. The Balaban J connectivity index is 1.50. The molecule has 128 valence electrons. The first-order chi connectivity index (χ1) is 12.2. The van der Waals surface area contributed by atoms with Crippen LogP contribution >= 0.6 is 27.3 Å². The number of hydrogen-bond donors (Lipinski definition) is 1. The van der Waals surface area contributed by atoms with Gasteiger partial charge in [0.1, 0.15) is 6.10 Å². The zero-order chi connectivity index (χ0) is 17.2. The predicted octanol–water partition coefficient (Wildman–Crippen LogP) is 4.11. The van der Waals surface area contributed by atoms with Crippen LogP contribution in [0.5, 0.6) is 0 Å². The lowest BCUT2D eigenvalue weighted by atomic mass is 10.1. The molecule has 4 rings (SSSR count). The second-order valence-corrected chi connectivity index (χ2v) is 8.25. The van der Waals surface area contributed by atoms with Crippen LogP contribution in [0.15, 0.2) is 52.3 Å². The van der Waals surface area contributed by atoms with Crippen molar-refractivity contribution in [3.63, 3.8) is 0 Å². The van der Waals surface area contributed by atoms with E-state index in [1.54, 1.807) is 11.3 Å². The molecule has 3 aromatic rings. The van der Waals surface area contributed by atoms with E-state index in [9.17, 15) is 4.79 Å². The van der Waals surface area contributed by atoms with Crippen molar-refractivity contribution in [3.05, 3.63) is 63.6 Å². The highest BCUT2D eigenvalue weighted by Crippen LogP contribution is 2.30. The summed E-state index contributed by atoms with van der Waals surface area (Å²) in [6.07, 6.45) is -0.0921. The SMILES string of the molecule is O=C(c1cc(-c2ccc(Br)s2)[nH]n1)N1CCO[C@@H](c2ccccc2)C1. The van der Waals surface area contributed by atoms with E-state index in [4.69, 9.17) is 4.74 Å². The number of amides is 1. The first kappa shape index (κ1) is 16.5. The van der Waals surface area contributed by atoms with Crippen molar-refractivity contribution in [1.29, 1.82) is 0 Å². The van der Waals surface area contributed by atoms with Gasteiger partial charge in [-0.25, -0.2) is 0 Å². The molecule has 1 N–H and O–H groups in total. The molecule has 0 saturated carbocycles. The largest absolute Gasteiger partial charge is 0.370 e. The molecule has 0 bridgehead atoms. The van der Waals surface area contributed by atoms with E-state index in [-0.39, 0.29) is 12.0 Å². The van der Waals surface area contributed by atoms with Crippen LogP contribution in [-0.2, 0) is 4.74 Å². The molecule has 2 aromatic heterocycles. The van der Waals surface area contributed by atoms with Crippen LogP contribution < -0.4 is 0 Å². The zero-order valence-electron chi connectivity index (χ0n) is 13.3. The summed E-state index contributed by atoms with van der Waals surface area (Å²) in [4.78, 5) is 15.7. The lowest BCUT2D eigenvalue weighted by Crippen LogP contribution is -2.42. The van der Waals surface area contributed by atoms with Gasteiger partial charge >= 0.3 is 0 Å². The Morgan fingerprint density at radius 2 is 2.12 bits per heavy atom. The third-order valence-electron chi connectivity index (χ3n) is 4.16. The van der Waals surface area contributed by atoms with Gasteiger partial charge in [0, 0.05) is 6.54 Å². The van der Waals surface area contributed by atoms with Gasteiger partial charge in [-0.2, -0.15) is 5.10 Å². The average molecular weight is 418 g/mol. The van der Waals surface area contributed by atoms with Crippen LogP contribution in [0.1, 0.15) is 22.2 Å². The van der Waals surface area contributed by atoms with E-state index in [1.165, 1.54) is 0 Å². The minimum atomic E-state index is -0.0921. The summed E-state index contributed by atoms with van der Waals surface area (Å²) >= 11 is 5.05. The van der Waals surface area contributed by atoms with Crippen molar-refractivity contribution in [1.82, 2.24) is 15.1 Å². The third-order valence-corrected chi connectivity index (χ3v) is 5.82. The molecular formula is C18H16BrN3O2S. The normalized spacial score (nSPS) is 17.6. The summed E-state index contributed by atoms with van der Waals surface area (Å²) in [6, 6.07) is 15.8. The fraction of sp³-hybridized carbons (Fsp3) is 0.222. The maximum atomic E-state index is 12.8. The molecule has 1 saturated heterocycles. The Hall–Kier alpha value is -1.96. The lowest BCUT2D eigenvalue weighted by molar-refractivity contribution is -0.0230. The fourth-order valence-electron chi connectivity index (χ4n) is 2.88. The van der Waals surface area contributed by atoms with E-state index in [0.29, 0.717) is 25.4 Å². The van der Waals surface area contributed by atoms with Crippen molar-refractivity contribution >= 4 is 33.2 Å². The number of hydrogen-bond acceptors (Lipinski definition) is 4. The van der Waals surface area contributed by atoms with Gasteiger partial charge in [-0.3, -0.25) is 9.89 Å². The Morgan fingerprint density at radius 3 is 2.88 bits per heavy atom. The molecule has 1 amide bonds. The molecule has 1 aliphatic heterocycles. The number of nitrogens with one attached hydrogen (secondary N) is 1. The van der Waals surface area contributed by atoms with E-state index in [2.05, 4.69) is 26.1 Å². The number of benzene rings is 1. The van der Waals surface area contributed by atoms with Gasteiger partial charge in [0.2, 0.25) is 0 Å². The summed E-state index contributed by atoms with van der Waals surface area (Å²) in [7, 11) is 0. The summed E-state index contributed by atoms with van der Waals surface area (Å²) in [5.74, 6) is -0.0673. The first-order valence-corrected chi connectivity index (χ1v) is 9.58. The number of ether oxygens (including phenoxy) is 1. The number of nitrogens with zero attached hydrogens (tertiary/aromatic N) is 2. The molecule has 5 nitrogen and oxygen atoms in total. The van der Waals surface area contributed by atoms with Crippen molar-refractivity contribution in [2.75, 3.05) is 19.7 Å². The van der Waals surface area contributed by atoms with Crippen molar-refractivity contribution in [2.45, 2.75) is 6.10 Å². The van der Waals surface area contributed by atoms with Gasteiger partial charge in [0.15, 0.2) is 5.69 Å². The summed E-state index contributed by atoms with van der Waals surface area (Å²) in [5.41, 5.74) is 2.38. The van der Waals surface area contributed by atoms with Gasteiger partial charge in [-0.1, -0.05) is 30.3 Å². The molecule has 1 aliphatic rings. The fourth-order valence-corrected chi connectivity index (χ4v) is 4.23. The molecule has 1 fully saturated rings. The second kappa shape index (κ2) is 7.11. The number of thiophene rings is 1. The lowest BCUT2D eigenvalue weighted by Gasteiger charge is -2.32. The van der Waals surface area contributed by atoms with Gasteiger partial charge in [0.05, 0.1) is 27.5 Å². The molecule has 1 atom stereocenters. The standard InChI is InChI=1S/C18H16BrN3O2S/c19-17-7-6-16(25-17)13-10-14(21-20-13)18(23)22-8-9-24-15(11-22)12-4-2-1-3-5-12/h1-7,10,15H,8-9,11H2,(H,20,21)/t15-/m1/s1. The van der Waals surface area contributed by atoms with Crippen molar-refractivity contribution < 1.29 is 9.53 Å². The topological polar surface area (TPSA) is 58.2 Å². The highest BCUT2D eigenvalue weighted by Gasteiger charge is 2.27. The number of carbonyl (C=O) groups excluding carboxylic acids is 1. The van der Waals surface area contributed by atoms with Gasteiger partial charge < -0.3 is 9.64 Å². The number of rotatable bonds is 3. The van der Waals surface area contributed by atoms with Crippen LogP contribution in [-0.4, -0.2) is 40.7 Å². The molecule has 0 spiro atoms.